The predicted molar refractivity (Wildman–Crippen MR) is 76.5 cm³/mol. The highest BCUT2D eigenvalue weighted by Crippen LogP contribution is 2.11. The number of nitrogens with zero attached hydrogens (tertiary/aromatic N) is 1. The summed E-state index contributed by atoms with van der Waals surface area (Å²) in [6, 6.07) is 0.745. The van der Waals surface area contributed by atoms with E-state index in [2.05, 4.69) is 24.1 Å². The van der Waals surface area contributed by atoms with Crippen molar-refractivity contribution in [1.82, 2.24) is 10.2 Å². The lowest BCUT2D eigenvalue weighted by Crippen LogP contribution is -2.32. The highest BCUT2D eigenvalue weighted by molar-refractivity contribution is 4.67. The lowest BCUT2D eigenvalue weighted by molar-refractivity contribution is 0.238. The van der Waals surface area contributed by atoms with Crippen molar-refractivity contribution in [2.24, 2.45) is 0 Å². The summed E-state index contributed by atoms with van der Waals surface area (Å²) in [4.78, 5) is 2.69. The van der Waals surface area contributed by atoms with E-state index in [-0.39, 0.29) is 0 Å². The molecule has 0 aromatic carbocycles. The molecule has 102 valence electrons. The van der Waals surface area contributed by atoms with Gasteiger partial charge in [0.05, 0.1) is 0 Å². The van der Waals surface area contributed by atoms with Crippen LogP contribution in [0.15, 0.2) is 0 Å². The van der Waals surface area contributed by atoms with Gasteiger partial charge in [-0.05, 0) is 58.3 Å². The first-order valence-corrected chi connectivity index (χ1v) is 7.82. The van der Waals surface area contributed by atoms with Crippen molar-refractivity contribution in [3.05, 3.63) is 0 Å². The molecule has 2 nitrogen and oxygen atoms in total. The largest absolute Gasteiger partial charge is 0.314 e. The van der Waals surface area contributed by atoms with Crippen molar-refractivity contribution in [3.8, 4) is 0 Å². The van der Waals surface area contributed by atoms with Gasteiger partial charge in [-0.2, -0.15) is 0 Å². The van der Waals surface area contributed by atoms with Gasteiger partial charge in [0.15, 0.2) is 0 Å². The van der Waals surface area contributed by atoms with E-state index in [4.69, 9.17) is 0 Å². The summed E-state index contributed by atoms with van der Waals surface area (Å²) in [5, 5.41) is 3.57. The zero-order valence-corrected chi connectivity index (χ0v) is 12.0. The molecule has 0 aliphatic carbocycles. The van der Waals surface area contributed by atoms with Crippen molar-refractivity contribution in [2.75, 3.05) is 26.2 Å². The zero-order valence-electron chi connectivity index (χ0n) is 12.0. The van der Waals surface area contributed by atoms with Gasteiger partial charge in [-0.3, -0.25) is 0 Å². The molecule has 1 rings (SSSR count). The average Bonchev–Trinajstić information content (AvgIpc) is 2.30. The van der Waals surface area contributed by atoms with Crippen LogP contribution in [0.2, 0.25) is 0 Å². The molecule has 2 heteroatoms. The number of nitrogens with one attached hydrogen (secondary N) is 1. The number of likely N-dealkylation sites (tertiary alicyclic amines) is 1. The molecule has 0 saturated carbocycles. The van der Waals surface area contributed by atoms with Crippen LogP contribution in [0.1, 0.15) is 65.2 Å². The van der Waals surface area contributed by atoms with Crippen molar-refractivity contribution in [2.45, 2.75) is 71.3 Å². The summed E-state index contributed by atoms with van der Waals surface area (Å²) in [6.07, 6.45) is 11.2. The minimum absolute atomic E-state index is 0.745. The van der Waals surface area contributed by atoms with Crippen molar-refractivity contribution < 1.29 is 0 Å². The van der Waals surface area contributed by atoms with E-state index in [0.717, 1.165) is 12.6 Å². The third kappa shape index (κ3) is 7.05. The first-order chi connectivity index (χ1) is 8.36. The fourth-order valence-electron chi connectivity index (χ4n) is 2.84. The second-order valence-corrected chi connectivity index (χ2v) is 5.41. The molecule has 0 aromatic rings. The maximum Gasteiger partial charge on any atom is 0.00647 e. The fourth-order valence-corrected chi connectivity index (χ4v) is 2.84. The molecular formula is C15H32N2. The van der Waals surface area contributed by atoms with E-state index < -0.39 is 0 Å². The van der Waals surface area contributed by atoms with Gasteiger partial charge in [0.2, 0.25) is 0 Å². The van der Waals surface area contributed by atoms with Crippen LogP contribution < -0.4 is 5.32 Å². The molecule has 17 heavy (non-hydrogen) atoms. The first kappa shape index (κ1) is 15.0. The lowest BCUT2D eigenvalue weighted by atomic mass is 10.1. The normalized spacial score (nSPS) is 20.8. The Morgan fingerprint density at radius 2 is 1.65 bits per heavy atom. The number of hydrogen-bond acceptors (Lipinski definition) is 2. The molecule has 1 unspecified atom stereocenters. The van der Waals surface area contributed by atoms with Crippen LogP contribution in [-0.4, -0.2) is 37.1 Å². The third-order valence-electron chi connectivity index (χ3n) is 3.96. The van der Waals surface area contributed by atoms with Gasteiger partial charge < -0.3 is 10.2 Å². The maximum atomic E-state index is 3.57. The molecule has 1 heterocycles. The lowest BCUT2D eigenvalue weighted by Gasteiger charge is -2.25. The van der Waals surface area contributed by atoms with Crippen molar-refractivity contribution >= 4 is 0 Å². The highest BCUT2D eigenvalue weighted by Gasteiger charge is 2.09. The third-order valence-corrected chi connectivity index (χ3v) is 3.96. The Labute approximate surface area is 108 Å². The average molecular weight is 240 g/mol. The Balaban J connectivity index is 2.10. The van der Waals surface area contributed by atoms with Crippen LogP contribution in [0.3, 0.4) is 0 Å². The SMILES string of the molecule is CCNC(CC)CCCN1CCCCCCC1. The summed E-state index contributed by atoms with van der Waals surface area (Å²) in [5.41, 5.74) is 0. The van der Waals surface area contributed by atoms with Crippen LogP contribution >= 0.6 is 0 Å². The Kier molecular flexibility index (Phi) is 8.72. The predicted octanol–water partition coefficient (Wildman–Crippen LogP) is 3.42. The molecule has 1 aliphatic rings. The van der Waals surface area contributed by atoms with E-state index >= 15 is 0 Å². The molecule has 1 aliphatic heterocycles. The quantitative estimate of drug-likeness (QED) is 0.733. The molecule has 0 radical (unpaired) electrons. The fraction of sp³-hybridized carbons (Fsp3) is 1.00. The van der Waals surface area contributed by atoms with Crippen molar-refractivity contribution in [3.63, 3.8) is 0 Å². The Morgan fingerprint density at radius 3 is 2.24 bits per heavy atom. The maximum absolute atomic E-state index is 3.57. The Morgan fingerprint density at radius 1 is 1.00 bits per heavy atom. The Bertz CT molecular complexity index is 162. The molecule has 1 N–H and O–H groups in total. The van der Waals surface area contributed by atoms with Gasteiger partial charge in [-0.15, -0.1) is 0 Å². The van der Waals surface area contributed by atoms with Crippen LogP contribution in [0.25, 0.3) is 0 Å². The number of rotatable bonds is 7. The summed E-state index contributed by atoms with van der Waals surface area (Å²) in [6.45, 7) is 9.63. The second-order valence-electron chi connectivity index (χ2n) is 5.41. The molecular weight excluding hydrogens is 208 g/mol. The van der Waals surface area contributed by atoms with Gasteiger partial charge in [-0.25, -0.2) is 0 Å². The minimum Gasteiger partial charge on any atom is -0.314 e. The summed E-state index contributed by atoms with van der Waals surface area (Å²) in [5.74, 6) is 0. The van der Waals surface area contributed by atoms with Gasteiger partial charge >= 0.3 is 0 Å². The van der Waals surface area contributed by atoms with Gasteiger partial charge in [0.25, 0.3) is 0 Å². The van der Waals surface area contributed by atoms with Crippen LogP contribution in [0.5, 0.6) is 0 Å². The summed E-state index contributed by atoms with van der Waals surface area (Å²) >= 11 is 0. The van der Waals surface area contributed by atoms with Gasteiger partial charge in [0.1, 0.15) is 0 Å². The summed E-state index contributed by atoms with van der Waals surface area (Å²) < 4.78 is 0. The summed E-state index contributed by atoms with van der Waals surface area (Å²) in [7, 11) is 0. The molecule has 1 fully saturated rings. The van der Waals surface area contributed by atoms with E-state index in [9.17, 15) is 0 Å². The molecule has 1 saturated heterocycles. The Hall–Kier alpha value is -0.0800. The molecule has 0 bridgehead atoms. The van der Waals surface area contributed by atoms with E-state index in [1.54, 1.807) is 0 Å². The standard InChI is InChI=1S/C15H32N2/c1-3-15(16-4-2)11-10-14-17-12-8-6-5-7-9-13-17/h15-16H,3-14H2,1-2H3. The monoisotopic (exact) mass is 240 g/mol. The molecule has 0 amide bonds. The van der Waals surface area contributed by atoms with Gasteiger partial charge in [0, 0.05) is 6.04 Å². The molecule has 0 spiro atoms. The van der Waals surface area contributed by atoms with Crippen LogP contribution in [0.4, 0.5) is 0 Å². The van der Waals surface area contributed by atoms with Crippen LogP contribution in [-0.2, 0) is 0 Å². The molecule has 1 atom stereocenters. The second kappa shape index (κ2) is 9.90. The highest BCUT2D eigenvalue weighted by atomic mass is 15.1. The topological polar surface area (TPSA) is 15.3 Å². The zero-order chi connectivity index (χ0) is 12.3. The smallest absolute Gasteiger partial charge is 0.00647 e. The number of hydrogen-bond donors (Lipinski definition) is 1. The van der Waals surface area contributed by atoms with E-state index in [1.165, 1.54) is 71.0 Å². The van der Waals surface area contributed by atoms with Crippen LogP contribution in [0, 0.1) is 0 Å². The van der Waals surface area contributed by atoms with Crippen molar-refractivity contribution in [1.29, 1.82) is 0 Å². The van der Waals surface area contributed by atoms with E-state index in [1.807, 2.05) is 0 Å². The van der Waals surface area contributed by atoms with Gasteiger partial charge in [-0.1, -0.05) is 33.1 Å². The minimum atomic E-state index is 0.745. The first-order valence-electron chi connectivity index (χ1n) is 7.82. The molecule has 0 aromatic heterocycles. The van der Waals surface area contributed by atoms with E-state index in [0.29, 0.717) is 0 Å².